The number of nitrogens with zero attached hydrogens (tertiary/aromatic N) is 4. The molecule has 98 valence electrons. The van der Waals surface area contributed by atoms with Crippen LogP contribution < -0.4 is 5.32 Å². The molecule has 1 N–H and O–H groups in total. The van der Waals surface area contributed by atoms with E-state index < -0.39 is 0 Å². The molecule has 0 radical (unpaired) electrons. The summed E-state index contributed by atoms with van der Waals surface area (Å²) >= 11 is 1.64. The molecule has 0 unspecified atom stereocenters. The van der Waals surface area contributed by atoms with E-state index in [0.717, 1.165) is 29.4 Å². The van der Waals surface area contributed by atoms with Gasteiger partial charge in [-0.3, -0.25) is 0 Å². The summed E-state index contributed by atoms with van der Waals surface area (Å²) in [5, 5.41) is 20.3. The highest BCUT2D eigenvalue weighted by molar-refractivity contribution is 7.08. The highest BCUT2D eigenvalue weighted by Crippen LogP contribution is 2.20. The molecule has 3 rings (SSSR count). The molecule has 0 aromatic carbocycles. The van der Waals surface area contributed by atoms with Gasteiger partial charge < -0.3 is 5.32 Å². The van der Waals surface area contributed by atoms with E-state index in [1.165, 1.54) is 0 Å². The van der Waals surface area contributed by atoms with Crippen molar-refractivity contribution < 1.29 is 0 Å². The molecule has 0 aliphatic rings. The van der Waals surface area contributed by atoms with E-state index in [-0.39, 0.29) is 0 Å². The summed E-state index contributed by atoms with van der Waals surface area (Å²) in [5.74, 6) is 2.21. The first kappa shape index (κ1) is 12.1. The maximum Gasteiger partial charge on any atom is 0.186 e. The fourth-order valence-corrected chi connectivity index (χ4v) is 2.40. The van der Waals surface area contributed by atoms with Crippen molar-refractivity contribution in [2.75, 3.05) is 11.9 Å². The molecule has 5 nitrogen and oxygen atoms in total. The van der Waals surface area contributed by atoms with Crippen LogP contribution in [0.25, 0.3) is 17.0 Å². The Balaban J connectivity index is 1.99. The van der Waals surface area contributed by atoms with Crippen LogP contribution in [0.3, 0.4) is 0 Å². The zero-order valence-corrected chi connectivity index (χ0v) is 11.7. The molecule has 6 heteroatoms. The van der Waals surface area contributed by atoms with E-state index in [0.29, 0.717) is 5.92 Å². The number of hydrogen-bond donors (Lipinski definition) is 1. The van der Waals surface area contributed by atoms with Crippen molar-refractivity contribution in [3.05, 3.63) is 29.0 Å². The minimum absolute atomic E-state index is 0.578. The van der Waals surface area contributed by atoms with Gasteiger partial charge in [0.05, 0.1) is 0 Å². The maximum atomic E-state index is 4.55. The second kappa shape index (κ2) is 4.97. The van der Waals surface area contributed by atoms with E-state index in [4.69, 9.17) is 0 Å². The fourth-order valence-electron chi connectivity index (χ4n) is 1.76. The summed E-state index contributed by atoms with van der Waals surface area (Å²) in [5.41, 5.74) is 1.81. The molecule has 0 fully saturated rings. The first-order valence-electron chi connectivity index (χ1n) is 6.23. The molecule has 3 aromatic heterocycles. The van der Waals surface area contributed by atoms with Crippen molar-refractivity contribution in [2.24, 2.45) is 5.92 Å². The van der Waals surface area contributed by atoms with Crippen LogP contribution in [0.4, 0.5) is 5.82 Å². The van der Waals surface area contributed by atoms with Crippen LogP contribution in [0.5, 0.6) is 0 Å². The largest absolute Gasteiger partial charge is 0.368 e. The summed E-state index contributed by atoms with van der Waals surface area (Å²) < 4.78 is 1.78. The summed E-state index contributed by atoms with van der Waals surface area (Å²) in [4.78, 5) is 0. The number of rotatable bonds is 4. The zero-order valence-electron chi connectivity index (χ0n) is 10.9. The number of thiophene rings is 1. The third kappa shape index (κ3) is 2.44. The molecule has 0 atom stereocenters. The third-order valence-electron chi connectivity index (χ3n) is 2.73. The fraction of sp³-hybridized carbons (Fsp3) is 0.308. The van der Waals surface area contributed by atoms with Gasteiger partial charge in [0.1, 0.15) is 5.82 Å². The van der Waals surface area contributed by atoms with Crippen molar-refractivity contribution >= 4 is 22.8 Å². The van der Waals surface area contributed by atoms with Crippen LogP contribution >= 0.6 is 11.3 Å². The predicted octanol–water partition coefficient (Wildman–Crippen LogP) is 2.92. The molecule has 0 bridgehead atoms. The molecule has 19 heavy (non-hydrogen) atoms. The Morgan fingerprint density at radius 2 is 2.16 bits per heavy atom. The van der Waals surface area contributed by atoms with Crippen LogP contribution in [0.15, 0.2) is 29.0 Å². The van der Waals surface area contributed by atoms with Gasteiger partial charge in [0.25, 0.3) is 0 Å². The van der Waals surface area contributed by atoms with E-state index in [1.54, 1.807) is 15.9 Å². The van der Waals surface area contributed by atoms with Gasteiger partial charge in [-0.15, -0.1) is 15.3 Å². The molecule has 3 aromatic rings. The maximum absolute atomic E-state index is 4.55. The summed E-state index contributed by atoms with van der Waals surface area (Å²) in [7, 11) is 0. The Hall–Kier alpha value is -1.95. The van der Waals surface area contributed by atoms with Gasteiger partial charge in [-0.25, -0.2) is 0 Å². The first-order chi connectivity index (χ1) is 9.24. The van der Waals surface area contributed by atoms with Crippen LogP contribution in [0, 0.1) is 5.92 Å². The van der Waals surface area contributed by atoms with E-state index in [1.807, 2.05) is 29.0 Å². The average molecular weight is 273 g/mol. The lowest BCUT2D eigenvalue weighted by atomic mass is 10.2. The second-order valence-corrected chi connectivity index (χ2v) is 5.58. The minimum atomic E-state index is 0.578. The summed E-state index contributed by atoms with van der Waals surface area (Å²) in [6.07, 6.45) is 0. The molecule has 0 saturated carbocycles. The molecule has 0 amide bonds. The van der Waals surface area contributed by atoms with Crippen LogP contribution in [-0.2, 0) is 0 Å². The molecule has 3 heterocycles. The topological polar surface area (TPSA) is 55.1 Å². The Labute approximate surface area is 115 Å². The SMILES string of the molecule is CC(C)CNc1ccc2nnc(-c3ccsc3)n2n1. The van der Waals surface area contributed by atoms with Gasteiger partial charge in [0.2, 0.25) is 0 Å². The van der Waals surface area contributed by atoms with E-state index >= 15 is 0 Å². The van der Waals surface area contributed by atoms with Gasteiger partial charge in [-0.2, -0.15) is 15.9 Å². The number of anilines is 1. The lowest BCUT2D eigenvalue weighted by Crippen LogP contribution is -2.10. The second-order valence-electron chi connectivity index (χ2n) is 4.80. The highest BCUT2D eigenvalue weighted by Gasteiger charge is 2.10. The predicted molar refractivity (Wildman–Crippen MR) is 77.4 cm³/mol. The van der Waals surface area contributed by atoms with Crippen LogP contribution in [0.1, 0.15) is 13.8 Å². The molecular formula is C13H15N5S. The van der Waals surface area contributed by atoms with Crippen molar-refractivity contribution in [1.29, 1.82) is 0 Å². The van der Waals surface area contributed by atoms with Crippen LogP contribution in [0.2, 0.25) is 0 Å². The van der Waals surface area contributed by atoms with E-state index in [9.17, 15) is 0 Å². The van der Waals surface area contributed by atoms with Crippen molar-refractivity contribution in [2.45, 2.75) is 13.8 Å². The van der Waals surface area contributed by atoms with Crippen molar-refractivity contribution in [3.63, 3.8) is 0 Å². The number of nitrogens with one attached hydrogen (secondary N) is 1. The number of hydrogen-bond acceptors (Lipinski definition) is 5. The number of fused-ring (bicyclic) bond motifs is 1. The Morgan fingerprint density at radius 3 is 2.89 bits per heavy atom. The van der Waals surface area contributed by atoms with Crippen molar-refractivity contribution in [3.8, 4) is 11.4 Å². The Bertz CT molecular complexity index is 671. The standard InChI is InChI=1S/C13H15N5S/c1-9(2)7-14-11-3-4-12-15-16-13(18(12)17-11)10-5-6-19-8-10/h3-6,8-9H,7H2,1-2H3,(H,14,17). The number of aromatic nitrogens is 4. The summed E-state index contributed by atoms with van der Waals surface area (Å²) in [6, 6.07) is 5.89. The first-order valence-corrected chi connectivity index (χ1v) is 7.17. The van der Waals surface area contributed by atoms with Gasteiger partial charge in [-0.05, 0) is 29.5 Å². The molecule has 0 saturated heterocycles. The zero-order chi connectivity index (χ0) is 13.2. The smallest absolute Gasteiger partial charge is 0.186 e. The molecular weight excluding hydrogens is 258 g/mol. The van der Waals surface area contributed by atoms with Gasteiger partial charge in [0, 0.05) is 17.5 Å². The average Bonchev–Trinajstić information content (AvgIpc) is 3.04. The molecule has 0 spiro atoms. The third-order valence-corrected chi connectivity index (χ3v) is 3.42. The monoisotopic (exact) mass is 273 g/mol. The highest BCUT2D eigenvalue weighted by atomic mass is 32.1. The van der Waals surface area contributed by atoms with Crippen molar-refractivity contribution in [1.82, 2.24) is 19.8 Å². The Morgan fingerprint density at radius 1 is 1.26 bits per heavy atom. The lowest BCUT2D eigenvalue weighted by molar-refractivity contribution is 0.685. The summed E-state index contributed by atoms with van der Waals surface area (Å²) in [6.45, 7) is 5.23. The van der Waals surface area contributed by atoms with Gasteiger partial charge in [-0.1, -0.05) is 13.8 Å². The van der Waals surface area contributed by atoms with Gasteiger partial charge in [0.15, 0.2) is 11.5 Å². The Kier molecular flexibility index (Phi) is 3.16. The normalized spacial score (nSPS) is 11.3. The van der Waals surface area contributed by atoms with E-state index in [2.05, 4.69) is 34.5 Å². The lowest BCUT2D eigenvalue weighted by Gasteiger charge is -2.08. The quantitative estimate of drug-likeness (QED) is 0.794. The molecule has 0 aliphatic carbocycles. The van der Waals surface area contributed by atoms with Gasteiger partial charge >= 0.3 is 0 Å². The minimum Gasteiger partial charge on any atom is -0.368 e. The molecule has 0 aliphatic heterocycles. The van der Waals surface area contributed by atoms with Crippen LogP contribution in [-0.4, -0.2) is 26.4 Å².